The lowest BCUT2D eigenvalue weighted by Crippen LogP contribution is -2.06. The molecule has 0 fully saturated rings. The van der Waals surface area contributed by atoms with Gasteiger partial charge in [-0.05, 0) is 24.3 Å². The van der Waals surface area contributed by atoms with Gasteiger partial charge in [-0.2, -0.15) is 18.3 Å². The second kappa shape index (κ2) is 6.10. The molecule has 0 radical (unpaired) electrons. The normalized spacial score (nSPS) is 11.7. The molecule has 0 aliphatic carbocycles. The van der Waals surface area contributed by atoms with E-state index in [0.29, 0.717) is 5.75 Å². The maximum absolute atomic E-state index is 12.0. The van der Waals surface area contributed by atoms with Crippen LogP contribution in [0.5, 0.6) is 0 Å². The third-order valence-corrected chi connectivity index (χ3v) is 3.52. The molecule has 0 saturated carbocycles. The van der Waals surface area contributed by atoms with Crippen molar-refractivity contribution in [2.24, 2.45) is 0 Å². The number of alkyl halides is 3. The van der Waals surface area contributed by atoms with E-state index in [1.54, 1.807) is 24.7 Å². The molecular weight excluding hydrogens is 275 g/mol. The third kappa shape index (κ3) is 4.27. The second-order valence-electron chi connectivity index (χ2n) is 3.91. The first kappa shape index (κ1) is 13.9. The number of aromatic nitrogens is 3. The summed E-state index contributed by atoms with van der Waals surface area (Å²) in [7, 11) is 0. The molecule has 3 nitrogen and oxygen atoms in total. The smallest absolute Gasteiger partial charge is 0.284 e. The van der Waals surface area contributed by atoms with Gasteiger partial charge in [-0.15, -0.1) is 11.8 Å². The fraction of sp³-hybridized carbons (Fsp3) is 0.333. The van der Waals surface area contributed by atoms with Gasteiger partial charge in [0.1, 0.15) is 5.69 Å². The highest BCUT2D eigenvalue weighted by Crippen LogP contribution is 2.30. The predicted molar refractivity (Wildman–Crippen MR) is 67.8 cm³/mol. The molecule has 0 spiro atoms. The number of thioether (sulfide) groups is 1. The molecule has 0 atom stereocenters. The van der Waals surface area contributed by atoms with E-state index in [1.165, 1.54) is 11.8 Å². The molecule has 0 aromatic carbocycles. The Kier molecular flexibility index (Phi) is 4.47. The molecule has 0 unspecified atom stereocenters. The molecule has 0 saturated heterocycles. The lowest BCUT2D eigenvalue weighted by atomic mass is 10.2. The van der Waals surface area contributed by atoms with Crippen molar-refractivity contribution >= 4 is 11.8 Å². The summed E-state index contributed by atoms with van der Waals surface area (Å²) in [5, 5.41) is 6.84. The van der Waals surface area contributed by atoms with Crippen LogP contribution in [-0.2, 0) is 0 Å². The van der Waals surface area contributed by atoms with Gasteiger partial charge in [-0.25, -0.2) is 0 Å². The van der Waals surface area contributed by atoms with Crippen LogP contribution in [-0.4, -0.2) is 27.1 Å². The van der Waals surface area contributed by atoms with Crippen molar-refractivity contribution in [1.29, 1.82) is 0 Å². The molecule has 0 amide bonds. The van der Waals surface area contributed by atoms with Crippen LogP contribution >= 0.6 is 11.8 Å². The van der Waals surface area contributed by atoms with Gasteiger partial charge in [0.05, 0.1) is 4.90 Å². The van der Waals surface area contributed by atoms with E-state index in [-0.39, 0.29) is 6.42 Å². The van der Waals surface area contributed by atoms with Crippen LogP contribution in [0.25, 0.3) is 11.3 Å². The van der Waals surface area contributed by atoms with Crippen LogP contribution in [0.15, 0.2) is 35.6 Å². The minimum Gasteiger partial charge on any atom is -0.284 e. The molecule has 2 rings (SSSR count). The molecule has 0 aliphatic rings. The summed E-state index contributed by atoms with van der Waals surface area (Å²) in [6, 6.07) is 3.66. The number of rotatable bonds is 5. The SMILES string of the molecule is FC(F)(F)CCCSc1c[nH]nc1-c1cccnc1. The minimum atomic E-state index is -4.08. The maximum Gasteiger partial charge on any atom is 0.389 e. The zero-order chi connectivity index (χ0) is 13.7. The third-order valence-electron chi connectivity index (χ3n) is 2.40. The molecule has 0 aliphatic heterocycles. The van der Waals surface area contributed by atoms with E-state index in [2.05, 4.69) is 15.2 Å². The quantitative estimate of drug-likeness (QED) is 0.669. The summed E-state index contributed by atoms with van der Waals surface area (Å²) < 4.78 is 36.1. The fourth-order valence-corrected chi connectivity index (χ4v) is 2.50. The first-order valence-corrected chi connectivity index (χ1v) is 6.68. The molecular formula is C12H12F3N3S. The summed E-state index contributed by atoms with van der Waals surface area (Å²) >= 11 is 1.37. The van der Waals surface area contributed by atoms with Crippen LogP contribution in [0.2, 0.25) is 0 Å². The van der Waals surface area contributed by atoms with Crippen LogP contribution < -0.4 is 0 Å². The van der Waals surface area contributed by atoms with Gasteiger partial charge in [0, 0.05) is 30.6 Å². The Balaban J connectivity index is 1.94. The molecule has 7 heteroatoms. The average Bonchev–Trinajstić information content (AvgIpc) is 2.83. The molecule has 1 N–H and O–H groups in total. The van der Waals surface area contributed by atoms with Crippen LogP contribution in [0, 0.1) is 0 Å². The highest BCUT2D eigenvalue weighted by atomic mass is 32.2. The number of nitrogens with zero attached hydrogens (tertiary/aromatic N) is 2. The Labute approximate surface area is 112 Å². The van der Waals surface area contributed by atoms with Gasteiger partial charge in [0.25, 0.3) is 0 Å². The summed E-state index contributed by atoms with van der Waals surface area (Å²) in [4.78, 5) is 4.84. The Bertz CT molecular complexity index is 510. The van der Waals surface area contributed by atoms with E-state index in [0.717, 1.165) is 16.2 Å². The second-order valence-corrected chi connectivity index (χ2v) is 5.04. The van der Waals surface area contributed by atoms with Gasteiger partial charge < -0.3 is 0 Å². The van der Waals surface area contributed by atoms with Gasteiger partial charge in [-0.3, -0.25) is 10.1 Å². The Morgan fingerprint density at radius 2 is 2.16 bits per heavy atom. The Hall–Kier alpha value is -1.50. The fourth-order valence-electron chi connectivity index (χ4n) is 1.55. The number of aromatic amines is 1. The topological polar surface area (TPSA) is 41.6 Å². The number of pyridine rings is 1. The predicted octanol–water partition coefficient (Wildman–Crippen LogP) is 3.91. The van der Waals surface area contributed by atoms with Crippen molar-refractivity contribution in [1.82, 2.24) is 15.2 Å². The summed E-state index contributed by atoms with van der Waals surface area (Å²) in [5.41, 5.74) is 1.58. The lowest BCUT2D eigenvalue weighted by Gasteiger charge is -2.05. The van der Waals surface area contributed by atoms with E-state index >= 15 is 0 Å². The van der Waals surface area contributed by atoms with Gasteiger partial charge in [0.2, 0.25) is 0 Å². The van der Waals surface area contributed by atoms with E-state index in [1.807, 2.05) is 6.07 Å². The zero-order valence-electron chi connectivity index (χ0n) is 9.94. The lowest BCUT2D eigenvalue weighted by molar-refractivity contribution is -0.134. The minimum absolute atomic E-state index is 0.103. The van der Waals surface area contributed by atoms with E-state index < -0.39 is 12.6 Å². The standard InChI is InChI=1S/C12H12F3N3S/c13-12(14,15)4-2-6-19-10-8-17-18-11(10)9-3-1-5-16-7-9/h1,3,5,7-8H,2,4,6H2,(H,17,18). The van der Waals surface area contributed by atoms with Gasteiger partial charge in [0.15, 0.2) is 0 Å². The number of H-pyrrole nitrogens is 1. The van der Waals surface area contributed by atoms with E-state index in [9.17, 15) is 13.2 Å². The van der Waals surface area contributed by atoms with Crippen molar-refractivity contribution in [3.05, 3.63) is 30.7 Å². The highest BCUT2D eigenvalue weighted by molar-refractivity contribution is 7.99. The van der Waals surface area contributed by atoms with Crippen molar-refractivity contribution in [3.8, 4) is 11.3 Å². The number of halogens is 3. The largest absolute Gasteiger partial charge is 0.389 e. The van der Waals surface area contributed by atoms with Crippen LogP contribution in [0.1, 0.15) is 12.8 Å². The zero-order valence-corrected chi connectivity index (χ0v) is 10.8. The molecule has 0 bridgehead atoms. The first-order valence-electron chi connectivity index (χ1n) is 5.70. The average molecular weight is 287 g/mol. The molecule has 19 heavy (non-hydrogen) atoms. The maximum atomic E-state index is 12.0. The Morgan fingerprint density at radius 3 is 2.84 bits per heavy atom. The number of hydrogen-bond acceptors (Lipinski definition) is 3. The van der Waals surface area contributed by atoms with Crippen molar-refractivity contribution in [3.63, 3.8) is 0 Å². The van der Waals surface area contributed by atoms with E-state index in [4.69, 9.17) is 0 Å². The molecule has 2 heterocycles. The number of nitrogens with one attached hydrogen (secondary N) is 1. The van der Waals surface area contributed by atoms with Crippen LogP contribution in [0.4, 0.5) is 13.2 Å². The first-order chi connectivity index (χ1) is 9.06. The molecule has 2 aromatic rings. The van der Waals surface area contributed by atoms with Gasteiger partial charge in [-0.1, -0.05) is 0 Å². The summed E-state index contributed by atoms with van der Waals surface area (Å²) in [6.07, 6.45) is 0.303. The molecule has 102 valence electrons. The summed E-state index contributed by atoms with van der Waals surface area (Å²) in [6.45, 7) is 0. The Morgan fingerprint density at radius 1 is 1.32 bits per heavy atom. The van der Waals surface area contributed by atoms with Crippen molar-refractivity contribution in [2.45, 2.75) is 23.9 Å². The van der Waals surface area contributed by atoms with Gasteiger partial charge >= 0.3 is 6.18 Å². The molecule has 2 aromatic heterocycles. The summed E-state index contributed by atoms with van der Waals surface area (Å²) in [5.74, 6) is 0.409. The number of hydrogen-bond donors (Lipinski definition) is 1. The monoisotopic (exact) mass is 287 g/mol. The van der Waals surface area contributed by atoms with Crippen molar-refractivity contribution in [2.75, 3.05) is 5.75 Å². The van der Waals surface area contributed by atoms with Crippen molar-refractivity contribution < 1.29 is 13.2 Å². The highest BCUT2D eigenvalue weighted by Gasteiger charge is 2.26. The van der Waals surface area contributed by atoms with Crippen LogP contribution in [0.3, 0.4) is 0 Å².